The standard InChI is InChI=1S/C9H14O3/c1-6(2)8-4-3-7(5-10)9(11)12-8/h5-8H,3-4H2,1-2H3. The number of esters is 1. The summed E-state index contributed by atoms with van der Waals surface area (Å²) in [6, 6.07) is 0. The van der Waals surface area contributed by atoms with Gasteiger partial charge in [0.25, 0.3) is 0 Å². The minimum absolute atomic E-state index is 0.00806. The molecular formula is C9H14O3. The van der Waals surface area contributed by atoms with Crippen LogP contribution in [0.25, 0.3) is 0 Å². The van der Waals surface area contributed by atoms with Gasteiger partial charge in [0.1, 0.15) is 18.3 Å². The fourth-order valence-electron chi connectivity index (χ4n) is 1.35. The first-order chi connectivity index (χ1) is 5.65. The third-order valence-corrected chi connectivity index (χ3v) is 2.24. The van der Waals surface area contributed by atoms with Crippen LogP contribution in [0, 0.1) is 11.8 Å². The van der Waals surface area contributed by atoms with E-state index in [0.717, 1.165) is 6.42 Å². The second-order valence-electron chi connectivity index (χ2n) is 3.54. The summed E-state index contributed by atoms with van der Waals surface area (Å²) in [6.45, 7) is 4.03. The van der Waals surface area contributed by atoms with E-state index in [1.54, 1.807) is 0 Å². The van der Waals surface area contributed by atoms with Gasteiger partial charge in [-0.3, -0.25) is 4.79 Å². The molecule has 1 fully saturated rings. The van der Waals surface area contributed by atoms with Gasteiger partial charge in [-0.1, -0.05) is 13.8 Å². The zero-order valence-corrected chi connectivity index (χ0v) is 7.45. The fraction of sp³-hybridized carbons (Fsp3) is 0.778. The molecule has 0 radical (unpaired) electrons. The fourth-order valence-corrected chi connectivity index (χ4v) is 1.35. The molecule has 68 valence electrons. The zero-order valence-electron chi connectivity index (χ0n) is 7.45. The van der Waals surface area contributed by atoms with Gasteiger partial charge in [0.05, 0.1) is 0 Å². The van der Waals surface area contributed by atoms with Crippen molar-refractivity contribution in [3.8, 4) is 0 Å². The third kappa shape index (κ3) is 1.84. The van der Waals surface area contributed by atoms with Gasteiger partial charge in [-0.15, -0.1) is 0 Å². The van der Waals surface area contributed by atoms with Crippen molar-refractivity contribution in [1.29, 1.82) is 0 Å². The molecule has 0 amide bonds. The molecule has 2 unspecified atom stereocenters. The summed E-state index contributed by atoms with van der Waals surface area (Å²) < 4.78 is 5.08. The molecule has 0 aromatic heterocycles. The summed E-state index contributed by atoms with van der Waals surface area (Å²) in [5.74, 6) is -0.517. The van der Waals surface area contributed by atoms with Crippen molar-refractivity contribution in [3.05, 3.63) is 0 Å². The van der Waals surface area contributed by atoms with Gasteiger partial charge in [0.2, 0.25) is 0 Å². The minimum Gasteiger partial charge on any atom is -0.462 e. The van der Waals surface area contributed by atoms with Crippen LogP contribution in [-0.2, 0) is 14.3 Å². The molecular weight excluding hydrogens is 156 g/mol. The lowest BCUT2D eigenvalue weighted by molar-refractivity contribution is -0.163. The average molecular weight is 170 g/mol. The maximum Gasteiger partial charge on any atom is 0.316 e. The van der Waals surface area contributed by atoms with Crippen molar-refractivity contribution in [2.75, 3.05) is 0 Å². The van der Waals surface area contributed by atoms with Crippen molar-refractivity contribution in [2.24, 2.45) is 11.8 Å². The van der Waals surface area contributed by atoms with E-state index >= 15 is 0 Å². The lowest BCUT2D eigenvalue weighted by atomic mass is 9.93. The van der Waals surface area contributed by atoms with Crippen LogP contribution in [0.4, 0.5) is 0 Å². The first kappa shape index (κ1) is 9.23. The Morgan fingerprint density at radius 1 is 1.50 bits per heavy atom. The summed E-state index contributed by atoms with van der Waals surface area (Å²) in [5, 5.41) is 0. The molecule has 0 aliphatic carbocycles. The van der Waals surface area contributed by atoms with Crippen molar-refractivity contribution in [3.63, 3.8) is 0 Å². The van der Waals surface area contributed by atoms with Crippen LogP contribution in [-0.4, -0.2) is 18.4 Å². The molecule has 0 N–H and O–H groups in total. The van der Waals surface area contributed by atoms with Crippen LogP contribution in [0.15, 0.2) is 0 Å². The summed E-state index contributed by atoms with van der Waals surface area (Å²) >= 11 is 0. The highest BCUT2D eigenvalue weighted by Gasteiger charge is 2.30. The molecule has 12 heavy (non-hydrogen) atoms. The Morgan fingerprint density at radius 2 is 2.17 bits per heavy atom. The largest absolute Gasteiger partial charge is 0.462 e. The molecule has 1 heterocycles. The number of hydrogen-bond donors (Lipinski definition) is 0. The Kier molecular flexibility index (Phi) is 2.84. The topological polar surface area (TPSA) is 43.4 Å². The summed E-state index contributed by atoms with van der Waals surface area (Å²) in [6.07, 6.45) is 2.14. The smallest absolute Gasteiger partial charge is 0.316 e. The maximum absolute atomic E-state index is 11.1. The Bertz CT molecular complexity index is 186. The van der Waals surface area contributed by atoms with Gasteiger partial charge in [-0.05, 0) is 18.8 Å². The number of hydrogen-bond acceptors (Lipinski definition) is 3. The highest BCUT2D eigenvalue weighted by atomic mass is 16.5. The molecule has 3 heteroatoms. The van der Waals surface area contributed by atoms with Crippen LogP contribution in [0.3, 0.4) is 0 Å². The van der Waals surface area contributed by atoms with Gasteiger partial charge < -0.3 is 9.53 Å². The van der Waals surface area contributed by atoms with Gasteiger partial charge in [-0.25, -0.2) is 0 Å². The number of ether oxygens (including phenoxy) is 1. The molecule has 0 aromatic carbocycles. The van der Waals surface area contributed by atoms with Crippen LogP contribution in [0.2, 0.25) is 0 Å². The van der Waals surface area contributed by atoms with E-state index in [1.165, 1.54) is 0 Å². The van der Waals surface area contributed by atoms with Crippen molar-refractivity contribution < 1.29 is 14.3 Å². The van der Waals surface area contributed by atoms with E-state index in [-0.39, 0.29) is 12.1 Å². The van der Waals surface area contributed by atoms with Crippen LogP contribution >= 0.6 is 0 Å². The molecule has 1 aliphatic heterocycles. The molecule has 2 atom stereocenters. The van der Waals surface area contributed by atoms with Crippen LogP contribution in [0.5, 0.6) is 0 Å². The number of cyclic esters (lactones) is 1. The minimum atomic E-state index is -0.514. The molecule has 0 bridgehead atoms. The van der Waals surface area contributed by atoms with E-state index in [2.05, 4.69) is 0 Å². The SMILES string of the molecule is CC(C)C1CCC(C=O)C(=O)O1. The monoisotopic (exact) mass is 170 g/mol. The van der Waals surface area contributed by atoms with Crippen molar-refractivity contribution in [1.82, 2.24) is 0 Å². The van der Waals surface area contributed by atoms with E-state index in [4.69, 9.17) is 4.74 Å². The number of carbonyl (C=O) groups is 2. The molecule has 0 spiro atoms. The average Bonchev–Trinajstić information content (AvgIpc) is 2.04. The Labute approximate surface area is 72.1 Å². The number of carbonyl (C=O) groups excluding carboxylic acids is 2. The Morgan fingerprint density at radius 3 is 2.58 bits per heavy atom. The Balaban J connectivity index is 2.51. The number of aldehydes is 1. The molecule has 1 saturated heterocycles. The molecule has 0 saturated carbocycles. The summed E-state index contributed by atoms with van der Waals surface area (Å²) in [7, 11) is 0. The number of rotatable bonds is 2. The van der Waals surface area contributed by atoms with E-state index in [9.17, 15) is 9.59 Å². The Hall–Kier alpha value is -0.860. The molecule has 3 nitrogen and oxygen atoms in total. The van der Waals surface area contributed by atoms with Crippen molar-refractivity contribution >= 4 is 12.3 Å². The van der Waals surface area contributed by atoms with Crippen LogP contribution in [0.1, 0.15) is 26.7 Å². The van der Waals surface area contributed by atoms with Crippen molar-refractivity contribution in [2.45, 2.75) is 32.8 Å². The quantitative estimate of drug-likeness (QED) is 0.355. The maximum atomic E-state index is 11.1. The second kappa shape index (κ2) is 3.70. The normalized spacial score (nSPS) is 30.1. The highest BCUT2D eigenvalue weighted by Crippen LogP contribution is 2.23. The predicted octanol–water partition coefficient (Wildman–Crippen LogP) is 1.16. The van der Waals surface area contributed by atoms with E-state index in [1.807, 2.05) is 13.8 Å². The van der Waals surface area contributed by atoms with Gasteiger partial charge in [0.15, 0.2) is 0 Å². The van der Waals surface area contributed by atoms with Gasteiger partial charge >= 0.3 is 5.97 Å². The van der Waals surface area contributed by atoms with Crippen LogP contribution < -0.4 is 0 Å². The van der Waals surface area contributed by atoms with E-state index < -0.39 is 5.92 Å². The van der Waals surface area contributed by atoms with Gasteiger partial charge in [0, 0.05) is 0 Å². The first-order valence-electron chi connectivity index (χ1n) is 4.31. The second-order valence-corrected chi connectivity index (χ2v) is 3.54. The first-order valence-corrected chi connectivity index (χ1v) is 4.31. The van der Waals surface area contributed by atoms with Gasteiger partial charge in [-0.2, -0.15) is 0 Å². The lowest BCUT2D eigenvalue weighted by Gasteiger charge is -2.27. The summed E-state index contributed by atoms with van der Waals surface area (Å²) in [4.78, 5) is 21.4. The van der Waals surface area contributed by atoms with E-state index in [0.29, 0.717) is 18.6 Å². The zero-order chi connectivity index (χ0) is 9.14. The third-order valence-electron chi connectivity index (χ3n) is 2.24. The molecule has 1 rings (SSSR count). The predicted molar refractivity (Wildman–Crippen MR) is 43.5 cm³/mol. The molecule has 0 aromatic rings. The lowest BCUT2D eigenvalue weighted by Crippen LogP contribution is -2.34. The highest BCUT2D eigenvalue weighted by molar-refractivity contribution is 5.88. The molecule has 1 aliphatic rings. The summed E-state index contributed by atoms with van der Waals surface area (Å²) in [5.41, 5.74) is 0.